The first-order valence-electron chi connectivity index (χ1n) is 3.92. The van der Waals surface area contributed by atoms with Gasteiger partial charge in [-0.2, -0.15) is 0 Å². The fourth-order valence-electron chi connectivity index (χ4n) is 0.566. The molecule has 0 saturated heterocycles. The maximum absolute atomic E-state index is 4.49. The summed E-state index contributed by atoms with van der Waals surface area (Å²) in [7, 11) is 1.54. The molecular formula is C9H15NO. The Labute approximate surface area is 68.6 Å². The fraction of sp³-hybridized carbons (Fsp3) is 0.667. The smallest absolute Gasteiger partial charge is 0.106 e. The van der Waals surface area contributed by atoms with Crippen molar-refractivity contribution in [2.75, 3.05) is 7.11 Å². The van der Waals surface area contributed by atoms with Crippen molar-refractivity contribution in [3.63, 3.8) is 0 Å². The van der Waals surface area contributed by atoms with Crippen molar-refractivity contribution in [2.45, 2.75) is 32.6 Å². The van der Waals surface area contributed by atoms with E-state index in [2.05, 4.69) is 28.8 Å². The van der Waals surface area contributed by atoms with Crippen LogP contribution in [-0.4, -0.2) is 13.3 Å². The predicted octanol–water partition coefficient (Wildman–Crippen LogP) is 2.20. The van der Waals surface area contributed by atoms with E-state index < -0.39 is 0 Å². The van der Waals surface area contributed by atoms with Gasteiger partial charge in [0.1, 0.15) is 7.11 Å². The standard InChI is InChI=1S/C9H15NO/c1-3-4-5-6-7-8-9-10-11-2/h9H,3-4,7-8H2,1-2H3/b10-9-. The average molecular weight is 153 g/mol. The molecule has 0 aromatic carbocycles. The Bertz CT molecular complexity index is 153. The molecule has 62 valence electrons. The van der Waals surface area contributed by atoms with Crippen LogP contribution in [0.25, 0.3) is 0 Å². The van der Waals surface area contributed by atoms with Gasteiger partial charge in [0.15, 0.2) is 0 Å². The van der Waals surface area contributed by atoms with E-state index in [1.54, 1.807) is 13.3 Å². The molecule has 0 aromatic rings. The molecule has 0 aliphatic heterocycles. The highest BCUT2D eigenvalue weighted by Crippen LogP contribution is 1.85. The molecule has 0 atom stereocenters. The maximum atomic E-state index is 4.49. The Morgan fingerprint density at radius 3 is 2.73 bits per heavy atom. The largest absolute Gasteiger partial charge is 0.399 e. The minimum atomic E-state index is 0.880. The Morgan fingerprint density at radius 2 is 2.09 bits per heavy atom. The summed E-state index contributed by atoms with van der Waals surface area (Å²) in [6.07, 6.45) is 5.64. The van der Waals surface area contributed by atoms with Crippen LogP contribution in [0.3, 0.4) is 0 Å². The van der Waals surface area contributed by atoms with Gasteiger partial charge in [-0.1, -0.05) is 12.1 Å². The molecule has 0 N–H and O–H groups in total. The average Bonchev–Trinajstić information content (AvgIpc) is 2.03. The number of hydrogen-bond donors (Lipinski definition) is 0. The zero-order valence-electron chi connectivity index (χ0n) is 7.26. The second-order valence-corrected chi connectivity index (χ2v) is 2.11. The van der Waals surface area contributed by atoms with E-state index in [1.807, 2.05) is 0 Å². The van der Waals surface area contributed by atoms with Gasteiger partial charge in [0, 0.05) is 19.1 Å². The highest BCUT2D eigenvalue weighted by molar-refractivity contribution is 5.56. The SMILES string of the molecule is CCCC#CCC/C=N\OC. The normalized spacial score (nSPS) is 9.27. The Morgan fingerprint density at radius 1 is 1.36 bits per heavy atom. The van der Waals surface area contributed by atoms with Gasteiger partial charge in [0.2, 0.25) is 0 Å². The summed E-state index contributed by atoms with van der Waals surface area (Å²) in [5.41, 5.74) is 0. The summed E-state index contributed by atoms with van der Waals surface area (Å²) in [5, 5.41) is 3.60. The van der Waals surface area contributed by atoms with E-state index in [4.69, 9.17) is 0 Å². The van der Waals surface area contributed by atoms with Gasteiger partial charge in [0.25, 0.3) is 0 Å². The lowest BCUT2D eigenvalue weighted by Gasteiger charge is -1.83. The molecule has 0 aliphatic rings. The van der Waals surface area contributed by atoms with E-state index in [-0.39, 0.29) is 0 Å². The summed E-state index contributed by atoms with van der Waals surface area (Å²) >= 11 is 0. The molecule has 0 saturated carbocycles. The van der Waals surface area contributed by atoms with Crippen molar-refractivity contribution >= 4 is 6.21 Å². The minimum absolute atomic E-state index is 0.880. The number of nitrogens with zero attached hydrogens (tertiary/aromatic N) is 1. The second-order valence-electron chi connectivity index (χ2n) is 2.11. The van der Waals surface area contributed by atoms with E-state index in [0.29, 0.717) is 0 Å². The predicted molar refractivity (Wildman–Crippen MR) is 47.4 cm³/mol. The lowest BCUT2D eigenvalue weighted by Crippen LogP contribution is -1.75. The number of rotatable bonds is 4. The lowest BCUT2D eigenvalue weighted by molar-refractivity contribution is 0.214. The summed E-state index contributed by atoms with van der Waals surface area (Å²) < 4.78 is 0. The molecule has 0 spiro atoms. The summed E-state index contributed by atoms with van der Waals surface area (Å²) in [6.45, 7) is 2.13. The molecule has 0 rings (SSSR count). The Hall–Kier alpha value is -0.970. The third kappa shape index (κ3) is 9.03. The van der Waals surface area contributed by atoms with Crippen molar-refractivity contribution < 1.29 is 4.84 Å². The van der Waals surface area contributed by atoms with Crippen LogP contribution < -0.4 is 0 Å². The van der Waals surface area contributed by atoms with Crippen molar-refractivity contribution in [3.8, 4) is 11.8 Å². The molecule has 0 unspecified atom stereocenters. The second kappa shape index (κ2) is 9.03. The molecule has 0 bridgehead atoms. The molecule has 0 heterocycles. The van der Waals surface area contributed by atoms with Gasteiger partial charge < -0.3 is 4.84 Å². The molecule has 0 aromatic heterocycles. The highest BCUT2D eigenvalue weighted by atomic mass is 16.6. The monoisotopic (exact) mass is 153 g/mol. The van der Waals surface area contributed by atoms with Crippen LogP contribution in [0.4, 0.5) is 0 Å². The molecule has 11 heavy (non-hydrogen) atoms. The first kappa shape index (κ1) is 10.0. The van der Waals surface area contributed by atoms with E-state index >= 15 is 0 Å². The van der Waals surface area contributed by atoms with Gasteiger partial charge in [-0.3, -0.25) is 0 Å². The fourth-order valence-corrected chi connectivity index (χ4v) is 0.566. The van der Waals surface area contributed by atoms with Crippen LogP contribution in [0.1, 0.15) is 32.6 Å². The molecule has 2 heteroatoms. The van der Waals surface area contributed by atoms with E-state index in [9.17, 15) is 0 Å². The quantitative estimate of drug-likeness (QED) is 0.262. The third-order valence-corrected chi connectivity index (χ3v) is 1.08. The molecule has 0 fully saturated rings. The molecule has 0 aliphatic carbocycles. The maximum Gasteiger partial charge on any atom is 0.106 e. The van der Waals surface area contributed by atoms with Gasteiger partial charge in [0.05, 0.1) is 0 Å². The van der Waals surface area contributed by atoms with Crippen molar-refractivity contribution in [2.24, 2.45) is 5.16 Å². The Balaban J connectivity index is 3.14. The zero-order valence-corrected chi connectivity index (χ0v) is 7.26. The van der Waals surface area contributed by atoms with E-state index in [0.717, 1.165) is 25.7 Å². The first-order valence-corrected chi connectivity index (χ1v) is 3.92. The molecule has 0 radical (unpaired) electrons. The van der Waals surface area contributed by atoms with Crippen molar-refractivity contribution in [1.29, 1.82) is 0 Å². The van der Waals surface area contributed by atoms with Crippen molar-refractivity contribution in [1.82, 2.24) is 0 Å². The summed E-state index contributed by atoms with van der Waals surface area (Å²) in [6, 6.07) is 0. The van der Waals surface area contributed by atoms with Gasteiger partial charge in [-0.05, 0) is 12.8 Å². The molecule has 2 nitrogen and oxygen atoms in total. The van der Waals surface area contributed by atoms with Crippen LogP contribution in [0.15, 0.2) is 5.16 Å². The van der Waals surface area contributed by atoms with E-state index in [1.165, 1.54) is 0 Å². The van der Waals surface area contributed by atoms with Crippen LogP contribution in [0.2, 0.25) is 0 Å². The third-order valence-electron chi connectivity index (χ3n) is 1.08. The van der Waals surface area contributed by atoms with Crippen molar-refractivity contribution in [3.05, 3.63) is 0 Å². The zero-order chi connectivity index (χ0) is 8.36. The lowest BCUT2D eigenvalue weighted by atomic mass is 10.3. The first-order chi connectivity index (χ1) is 5.41. The highest BCUT2D eigenvalue weighted by Gasteiger charge is 1.75. The molecule has 0 amide bonds. The Kier molecular flexibility index (Phi) is 8.23. The van der Waals surface area contributed by atoms with Gasteiger partial charge in [-0.15, -0.1) is 11.8 Å². The van der Waals surface area contributed by atoms with Crippen LogP contribution in [0, 0.1) is 11.8 Å². The van der Waals surface area contributed by atoms with Crippen LogP contribution in [-0.2, 0) is 4.84 Å². The minimum Gasteiger partial charge on any atom is -0.399 e. The summed E-state index contributed by atoms with van der Waals surface area (Å²) in [4.78, 5) is 4.49. The number of oxime groups is 1. The topological polar surface area (TPSA) is 21.6 Å². The number of hydrogen-bond acceptors (Lipinski definition) is 2. The van der Waals surface area contributed by atoms with Gasteiger partial charge >= 0.3 is 0 Å². The van der Waals surface area contributed by atoms with Crippen LogP contribution in [0.5, 0.6) is 0 Å². The number of unbranched alkanes of at least 4 members (excludes halogenated alkanes) is 2. The van der Waals surface area contributed by atoms with Crippen LogP contribution >= 0.6 is 0 Å². The summed E-state index contributed by atoms with van der Waals surface area (Å²) in [5.74, 6) is 6.11. The van der Waals surface area contributed by atoms with Gasteiger partial charge in [-0.25, -0.2) is 0 Å². The molecular weight excluding hydrogens is 138 g/mol.